The van der Waals surface area contributed by atoms with E-state index in [1.165, 1.54) is 17.1 Å². The second kappa shape index (κ2) is 5.95. The maximum absolute atomic E-state index is 12.0. The number of aliphatic hydroxyl groups excluding tert-OH is 1. The Labute approximate surface area is 110 Å². The standard InChI is InChI=1S/C10H15N5O3S/c16-3-1-2-15-8-10(7-13-15)19(17,18)14-6-9-4-11-12-5-9/h4-5,7-8,14,16H,1-3,6H2,(H,11,12). The van der Waals surface area contributed by atoms with Gasteiger partial charge in [-0.05, 0) is 6.42 Å². The Morgan fingerprint density at radius 2 is 2.26 bits per heavy atom. The molecule has 104 valence electrons. The highest BCUT2D eigenvalue weighted by Gasteiger charge is 2.16. The Morgan fingerprint density at radius 3 is 2.95 bits per heavy atom. The zero-order valence-corrected chi connectivity index (χ0v) is 11.0. The quantitative estimate of drug-likeness (QED) is 0.633. The Bertz CT molecular complexity index is 605. The van der Waals surface area contributed by atoms with Crippen LogP contribution in [0.3, 0.4) is 0 Å². The van der Waals surface area contributed by atoms with E-state index in [2.05, 4.69) is 20.0 Å². The van der Waals surface area contributed by atoms with Crippen LogP contribution < -0.4 is 4.72 Å². The first-order valence-corrected chi connectivity index (χ1v) is 7.21. The Hall–Kier alpha value is -1.71. The number of rotatable bonds is 7. The molecule has 0 radical (unpaired) electrons. The van der Waals surface area contributed by atoms with Gasteiger partial charge in [0.1, 0.15) is 4.90 Å². The number of aromatic amines is 1. The summed E-state index contributed by atoms with van der Waals surface area (Å²) in [7, 11) is -3.58. The number of hydrogen-bond acceptors (Lipinski definition) is 5. The van der Waals surface area contributed by atoms with Gasteiger partial charge in [-0.15, -0.1) is 0 Å². The summed E-state index contributed by atoms with van der Waals surface area (Å²) in [5, 5.41) is 19.0. The van der Waals surface area contributed by atoms with Gasteiger partial charge in [0.05, 0.1) is 12.4 Å². The number of aryl methyl sites for hydroxylation is 1. The second-order valence-corrected chi connectivity index (χ2v) is 5.71. The Balaban J connectivity index is 2.00. The molecule has 0 aliphatic rings. The molecule has 2 aromatic heterocycles. The van der Waals surface area contributed by atoms with E-state index in [0.29, 0.717) is 13.0 Å². The van der Waals surface area contributed by atoms with Crippen molar-refractivity contribution >= 4 is 10.0 Å². The molecule has 8 nitrogen and oxygen atoms in total. The minimum Gasteiger partial charge on any atom is -0.396 e. The van der Waals surface area contributed by atoms with Gasteiger partial charge in [-0.2, -0.15) is 10.2 Å². The predicted octanol–water partition coefficient (Wildman–Crippen LogP) is -0.533. The van der Waals surface area contributed by atoms with E-state index in [0.717, 1.165) is 5.56 Å². The molecule has 0 spiro atoms. The summed E-state index contributed by atoms with van der Waals surface area (Å²) in [5.74, 6) is 0. The van der Waals surface area contributed by atoms with Crippen molar-refractivity contribution in [3.05, 3.63) is 30.4 Å². The van der Waals surface area contributed by atoms with Crippen molar-refractivity contribution in [1.29, 1.82) is 0 Å². The summed E-state index contributed by atoms with van der Waals surface area (Å²) in [6.45, 7) is 0.690. The van der Waals surface area contributed by atoms with Crippen LogP contribution in [0.1, 0.15) is 12.0 Å². The van der Waals surface area contributed by atoms with E-state index >= 15 is 0 Å². The molecule has 9 heteroatoms. The number of aliphatic hydroxyl groups is 1. The zero-order chi connectivity index (χ0) is 13.7. The van der Waals surface area contributed by atoms with E-state index in [9.17, 15) is 8.42 Å². The lowest BCUT2D eigenvalue weighted by Crippen LogP contribution is -2.22. The molecule has 0 saturated heterocycles. The number of hydrogen-bond donors (Lipinski definition) is 3. The van der Waals surface area contributed by atoms with Crippen molar-refractivity contribution in [2.75, 3.05) is 6.61 Å². The van der Waals surface area contributed by atoms with Crippen LogP contribution in [0.4, 0.5) is 0 Å². The number of sulfonamides is 1. The normalized spacial score (nSPS) is 11.8. The molecular weight excluding hydrogens is 270 g/mol. The summed E-state index contributed by atoms with van der Waals surface area (Å²) >= 11 is 0. The largest absolute Gasteiger partial charge is 0.396 e. The summed E-state index contributed by atoms with van der Waals surface area (Å²) in [4.78, 5) is 0.105. The summed E-state index contributed by atoms with van der Waals surface area (Å²) in [5.41, 5.74) is 0.747. The van der Waals surface area contributed by atoms with Crippen LogP contribution in [0, 0.1) is 0 Å². The monoisotopic (exact) mass is 285 g/mol. The number of nitrogens with one attached hydrogen (secondary N) is 2. The van der Waals surface area contributed by atoms with Crippen LogP contribution in [-0.2, 0) is 23.1 Å². The Morgan fingerprint density at radius 1 is 1.42 bits per heavy atom. The molecule has 3 N–H and O–H groups in total. The minimum absolute atomic E-state index is 0.0423. The zero-order valence-electron chi connectivity index (χ0n) is 10.2. The van der Waals surface area contributed by atoms with Gasteiger partial charge < -0.3 is 5.11 Å². The van der Waals surface area contributed by atoms with E-state index in [-0.39, 0.29) is 18.0 Å². The molecule has 0 aliphatic heterocycles. The van der Waals surface area contributed by atoms with Gasteiger partial charge in [0, 0.05) is 37.7 Å². The molecule has 2 heterocycles. The fraction of sp³-hybridized carbons (Fsp3) is 0.400. The van der Waals surface area contributed by atoms with Crippen LogP contribution in [0.2, 0.25) is 0 Å². The fourth-order valence-electron chi connectivity index (χ4n) is 1.47. The van der Waals surface area contributed by atoms with Crippen molar-refractivity contribution in [3.63, 3.8) is 0 Å². The third kappa shape index (κ3) is 3.63. The fourth-order valence-corrected chi connectivity index (χ4v) is 2.44. The Kier molecular flexibility index (Phi) is 4.30. The van der Waals surface area contributed by atoms with Gasteiger partial charge in [-0.25, -0.2) is 13.1 Å². The lowest BCUT2D eigenvalue weighted by Gasteiger charge is -2.02. The van der Waals surface area contributed by atoms with Gasteiger partial charge in [-0.3, -0.25) is 9.78 Å². The summed E-state index contributed by atoms with van der Waals surface area (Å²) in [6, 6.07) is 0. The molecule has 0 atom stereocenters. The molecular formula is C10H15N5O3S. The van der Waals surface area contributed by atoms with Gasteiger partial charge >= 0.3 is 0 Å². The molecule has 19 heavy (non-hydrogen) atoms. The average molecular weight is 285 g/mol. The average Bonchev–Trinajstić information content (AvgIpc) is 3.05. The first-order valence-electron chi connectivity index (χ1n) is 5.72. The first kappa shape index (κ1) is 13.7. The minimum atomic E-state index is -3.58. The van der Waals surface area contributed by atoms with Crippen LogP contribution in [0.15, 0.2) is 29.7 Å². The maximum atomic E-state index is 12.0. The third-order valence-electron chi connectivity index (χ3n) is 2.49. The van der Waals surface area contributed by atoms with Crippen LogP contribution in [0.5, 0.6) is 0 Å². The van der Waals surface area contributed by atoms with E-state index in [1.807, 2.05) is 0 Å². The van der Waals surface area contributed by atoms with Gasteiger partial charge in [0.2, 0.25) is 10.0 Å². The molecule has 0 fully saturated rings. The lowest BCUT2D eigenvalue weighted by molar-refractivity contribution is 0.277. The van der Waals surface area contributed by atoms with E-state index in [4.69, 9.17) is 5.11 Å². The van der Waals surface area contributed by atoms with Crippen molar-refractivity contribution in [1.82, 2.24) is 24.7 Å². The van der Waals surface area contributed by atoms with Crippen molar-refractivity contribution in [2.24, 2.45) is 0 Å². The second-order valence-electron chi connectivity index (χ2n) is 3.95. The molecule has 2 aromatic rings. The topological polar surface area (TPSA) is 113 Å². The number of aromatic nitrogens is 4. The van der Waals surface area contributed by atoms with Crippen molar-refractivity contribution in [2.45, 2.75) is 24.4 Å². The first-order chi connectivity index (χ1) is 9.12. The number of H-pyrrole nitrogens is 1. The lowest BCUT2D eigenvalue weighted by atomic mass is 10.4. The van der Waals surface area contributed by atoms with Crippen LogP contribution in [-0.4, -0.2) is 40.1 Å². The molecule has 2 rings (SSSR count). The molecule has 0 aromatic carbocycles. The highest BCUT2D eigenvalue weighted by molar-refractivity contribution is 7.89. The maximum Gasteiger partial charge on any atom is 0.243 e. The summed E-state index contributed by atoms with van der Waals surface area (Å²) in [6.07, 6.45) is 6.42. The molecule has 0 aliphatic carbocycles. The SMILES string of the molecule is O=S(=O)(NCc1cn[nH]c1)c1cnn(CCCO)c1. The van der Waals surface area contributed by atoms with E-state index in [1.54, 1.807) is 12.4 Å². The van der Waals surface area contributed by atoms with Gasteiger partial charge in [0.15, 0.2) is 0 Å². The van der Waals surface area contributed by atoms with Crippen molar-refractivity contribution in [3.8, 4) is 0 Å². The van der Waals surface area contributed by atoms with Crippen LogP contribution >= 0.6 is 0 Å². The predicted molar refractivity (Wildman–Crippen MR) is 66.5 cm³/mol. The molecule has 0 saturated carbocycles. The third-order valence-corrected chi connectivity index (χ3v) is 3.84. The smallest absolute Gasteiger partial charge is 0.243 e. The molecule has 0 unspecified atom stereocenters. The molecule has 0 bridgehead atoms. The van der Waals surface area contributed by atoms with Crippen molar-refractivity contribution < 1.29 is 13.5 Å². The molecule has 0 amide bonds. The van der Waals surface area contributed by atoms with Gasteiger partial charge in [-0.1, -0.05) is 0 Å². The highest BCUT2D eigenvalue weighted by atomic mass is 32.2. The van der Waals surface area contributed by atoms with E-state index < -0.39 is 10.0 Å². The highest BCUT2D eigenvalue weighted by Crippen LogP contribution is 2.08. The van der Waals surface area contributed by atoms with Gasteiger partial charge in [0.25, 0.3) is 0 Å². The number of nitrogens with zero attached hydrogens (tertiary/aromatic N) is 3. The summed E-state index contributed by atoms with van der Waals surface area (Å²) < 4.78 is 27.9. The van der Waals surface area contributed by atoms with Crippen LogP contribution in [0.25, 0.3) is 0 Å².